The molecule has 0 saturated heterocycles. The Balaban J connectivity index is 1.81. The SMILES string of the molecule is COC(=O)c1ccc(NC(=O)[C@H]2CN(S(C)(=O)=O)c3cc(Cl)ccc3O2)cc1. The average molecular weight is 425 g/mol. The van der Waals surface area contributed by atoms with E-state index in [1.807, 2.05) is 0 Å². The summed E-state index contributed by atoms with van der Waals surface area (Å²) in [6.45, 7) is -0.196. The first-order chi connectivity index (χ1) is 13.2. The molecule has 148 valence electrons. The number of amides is 1. The zero-order valence-electron chi connectivity index (χ0n) is 15.0. The molecular weight excluding hydrogens is 408 g/mol. The highest BCUT2D eigenvalue weighted by molar-refractivity contribution is 7.92. The number of halogens is 1. The van der Waals surface area contributed by atoms with E-state index in [1.165, 1.54) is 43.5 Å². The number of hydrogen-bond acceptors (Lipinski definition) is 6. The van der Waals surface area contributed by atoms with E-state index < -0.39 is 28.0 Å². The molecule has 0 radical (unpaired) electrons. The van der Waals surface area contributed by atoms with Crippen LogP contribution in [0.1, 0.15) is 10.4 Å². The second-order valence-corrected chi connectivity index (χ2v) is 8.41. The molecule has 1 atom stereocenters. The molecule has 0 fully saturated rings. The minimum Gasteiger partial charge on any atom is -0.476 e. The number of benzene rings is 2. The third-order valence-corrected chi connectivity index (χ3v) is 5.44. The normalized spacial score (nSPS) is 16.0. The molecule has 1 amide bonds. The molecule has 0 bridgehead atoms. The number of methoxy groups -OCH3 is 1. The molecule has 1 N–H and O–H groups in total. The minimum absolute atomic E-state index is 0.196. The van der Waals surface area contributed by atoms with Gasteiger partial charge in [0.25, 0.3) is 5.91 Å². The Morgan fingerprint density at radius 2 is 1.89 bits per heavy atom. The molecule has 2 aromatic rings. The van der Waals surface area contributed by atoms with Gasteiger partial charge in [0.1, 0.15) is 5.75 Å². The summed E-state index contributed by atoms with van der Waals surface area (Å²) < 4.78 is 35.7. The summed E-state index contributed by atoms with van der Waals surface area (Å²) in [5.74, 6) is -0.783. The maximum atomic E-state index is 12.6. The van der Waals surface area contributed by atoms with Gasteiger partial charge in [0, 0.05) is 10.7 Å². The van der Waals surface area contributed by atoms with E-state index in [-0.39, 0.29) is 18.0 Å². The molecular formula is C18H17ClN2O6S. The summed E-state index contributed by atoms with van der Waals surface area (Å²) in [4.78, 5) is 24.1. The van der Waals surface area contributed by atoms with E-state index in [4.69, 9.17) is 16.3 Å². The predicted molar refractivity (Wildman–Crippen MR) is 104 cm³/mol. The van der Waals surface area contributed by atoms with Crippen LogP contribution in [0.15, 0.2) is 42.5 Å². The lowest BCUT2D eigenvalue weighted by molar-refractivity contribution is -0.122. The van der Waals surface area contributed by atoms with Gasteiger partial charge >= 0.3 is 5.97 Å². The maximum Gasteiger partial charge on any atom is 0.337 e. The van der Waals surface area contributed by atoms with E-state index >= 15 is 0 Å². The minimum atomic E-state index is -3.65. The number of esters is 1. The van der Waals surface area contributed by atoms with Crippen molar-refractivity contribution in [1.29, 1.82) is 0 Å². The van der Waals surface area contributed by atoms with Crippen LogP contribution in [-0.4, -0.2) is 46.3 Å². The number of sulfonamides is 1. The first-order valence-corrected chi connectivity index (χ1v) is 10.3. The first kappa shape index (κ1) is 20.0. The third kappa shape index (κ3) is 4.20. The van der Waals surface area contributed by atoms with Crippen molar-refractivity contribution in [3.63, 3.8) is 0 Å². The van der Waals surface area contributed by atoms with Gasteiger partial charge in [-0.05, 0) is 42.5 Å². The van der Waals surface area contributed by atoms with Crippen molar-refractivity contribution < 1.29 is 27.5 Å². The lowest BCUT2D eigenvalue weighted by Crippen LogP contribution is -2.48. The number of carbonyl (C=O) groups excluding carboxylic acids is 2. The molecule has 0 aliphatic carbocycles. The van der Waals surface area contributed by atoms with Gasteiger partial charge in [-0.3, -0.25) is 9.10 Å². The van der Waals surface area contributed by atoms with Gasteiger partial charge in [-0.25, -0.2) is 13.2 Å². The zero-order chi connectivity index (χ0) is 20.5. The molecule has 0 aromatic heterocycles. The highest BCUT2D eigenvalue weighted by Gasteiger charge is 2.35. The number of rotatable bonds is 4. The molecule has 3 rings (SSSR count). The van der Waals surface area contributed by atoms with Crippen LogP contribution >= 0.6 is 11.6 Å². The van der Waals surface area contributed by atoms with Crippen LogP contribution in [0.4, 0.5) is 11.4 Å². The smallest absolute Gasteiger partial charge is 0.337 e. The third-order valence-electron chi connectivity index (χ3n) is 4.06. The Labute approximate surface area is 167 Å². The van der Waals surface area contributed by atoms with Crippen molar-refractivity contribution in [2.45, 2.75) is 6.10 Å². The Morgan fingerprint density at radius 3 is 2.50 bits per heavy atom. The Morgan fingerprint density at radius 1 is 1.21 bits per heavy atom. The van der Waals surface area contributed by atoms with Crippen molar-refractivity contribution in [1.82, 2.24) is 0 Å². The fourth-order valence-electron chi connectivity index (χ4n) is 2.71. The number of anilines is 2. The molecule has 10 heteroatoms. The van der Waals surface area contributed by atoms with Gasteiger partial charge in [0.2, 0.25) is 10.0 Å². The van der Waals surface area contributed by atoms with E-state index in [9.17, 15) is 18.0 Å². The molecule has 0 spiro atoms. The molecule has 28 heavy (non-hydrogen) atoms. The second-order valence-electron chi connectivity index (χ2n) is 6.07. The fraction of sp³-hybridized carbons (Fsp3) is 0.222. The van der Waals surface area contributed by atoms with E-state index in [0.29, 0.717) is 16.3 Å². The van der Waals surface area contributed by atoms with Gasteiger partial charge in [0.15, 0.2) is 6.10 Å². The van der Waals surface area contributed by atoms with E-state index in [2.05, 4.69) is 10.1 Å². The zero-order valence-corrected chi connectivity index (χ0v) is 16.6. The van der Waals surface area contributed by atoms with Crippen LogP contribution in [0.3, 0.4) is 0 Å². The Kier molecular flexibility index (Phi) is 5.48. The van der Waals surface area contributed by atoms with E-state index in [0.717, 1.165) is 10.6 Å². The van der Waals surface area contributed by atoms with Crippen molar-refractivity contribution in [3.8, 4) is 5.75 Å². The van der Waals surface area contributed by atoms with Gasteiger partial charge in [-0.15, -0.1) is 0 Å². The van der Waals surface area contributed by atoms with Crippen molar-refractivity contribution in [3.05, 3.63) is 53.1 Å². The highest BCUT2D eigenvalue weighted by Crippen LogP contribution is 2.37. The standard InChI is InChI=1S/C18H17ClN2O6S/c1-26-18(23)11-3-6-13(7-4-11)20-17(22)16-10-21(28(2,24)25)14-9-12(19)5-8-15(14)27-16/h3-9,16H,10H2,1-2H3,(H,20,22)/t16-/m1/s1. The van der Waals surface area contributed by atoms with Gasteiger partial charge < -0.3 is 14.8 Å². The number of fused-ring (bicyclic) bond motifs is 1. The van der Waals surface area contributed by atoms with Crippen molar-refractivity contribution >= 4 is 44.9 Å². The van der Waals surface area contributed by atoms with Crippen molar-refractivity contribution in [2.75, 3.05) is 29.5 Å². The first-order valence-electron chi connectivity index (χ1n) is 8.12. The number of ether oxygens (including phenoxy) is 2. The number of hydrogen-bond donors (Lipinski definition) is 1. The van der Waals surface area contributed by atoms with Crippen LogP contribution < -0.4 is 14.4 Å². The topological polar surface area (TPSA) is 102 Å². The number of nitrogens with one attached hydrogen (secondary N) is 1. The van der Waals surface area contributed by atoms with Crippen LogP contribution in [0.5, 0.6) is 5.75 Å². The lowest BCUT2D eigenvalue weighted by atomic mass is 10.2. The number of nitrogens with zero attached hydrogens (tertiary/aromatic N) is 1. The quantitative estimate of drug-likeness (QED) is 0.755. The van der Waals surface area contributed by atoms with Crippen LogP contribution in [0.2, 0.25) is 5.02 Å². The molecule has 1 aliphatic rings. The summed E-state index contributed by atoms with van der Waals surface area (Å²) in [7, 11) is -2.38. The molecule has 0 unspecified atom stereocenters. The van der Waals surface area contributed by atoms with Crippen LogP contribution in [-0.2, 0) is 19.6 Å². The van der Waals surface area contributed by atoms with Crippen LogP contribution in [0.25, 0.3) is 0 Å². The largest absolute Gasteiger partial charge is 0.476 e. The maximum absolute atomic E-state index is 12.6. The van der Waals surface area contributed by atoms with E-state index in [1.54, 1.807) is 6.07 Å². The average Bonchev–Trinajstić information content (AvgIpc) is 2.66. The summed E-state index contributed by atoms with van der Waals surface area (Å²) in [6.07, 6.45) is -0.0209. The van der Waals surface area contributed by atoms with Gasteiger partial charge in [-0.2, -0.15) is 0 Å². The molecule has 1 heterocycles. The van der Waals surface area contributed by atoms with Crippen molar-refractivity contribution in [2.24, 2.45) is 0 Å². The predicted octanol–water partition coefficient (Wildman–Crippen LogP) is 2.29. The summed E-state index contributed by atoms with van der Waals surface area (Å²) in [5, 5.41) is 3.00. The number of carbonyl (C=O) groups is 2. The molecule has 0 saturated carbocycles. The summed E-state index contributed by atoms with van der Waals surface area (Å²) in [5.41, 5.74) is 1.04. The summed E-state index contributed by atoms with van der Waals surface area (Å²) in [6, 6.07) is 10.6. The van der Waals surface area contributed by atoms with Gasteiger partial charge in [0.05, 0.1) is 31.2 Å². The highest BCUT2D eigenvalue weighted by atomic mass is 35.5. The monoisotopic (exact) mass is 424 g/mol. The molecule has 2 aromatic carbocycles. The second kappa shape index (κ2) is 7.69. The Hall–Kier alpha value is -2.78. The molecule has 8 nitrogen and oxygen atoms in total. The Bertz CT molecular complexity index is 1020. The molecule has 1 aliphatic heterocycles. The summed E-state index contributed by atoms with van der Waals surface area (Å²) >= 11 is 5.95. The fourth-order valence-corrected chi connectivity index (χ4v) is 3.78. The van der Waals surface area contributed by atoms with Crippen LogP contribution in [0, 0.1) is 0 Å². The van der Waals surface area contributed by atoms with Gasteiger partial charge in [-0.1, -0.05) is 11.6 Å². The lowest BCUT2D eigenvalue weighted by Gasteiger charge is -2.34.